The fourth-order valence-electron chi connectivity index (χ4n) is 3.18. The van der Waals surface area contributed by atoms with Crippen molar-refractivity contribution < 1.29 is 4.42 Å². The Bertz CT molecular complexity index is 738. The summed E-state index contributed by atoms with van der Waals surface area (Å²) >= 11 is 0. The van der Waals surface area contributed by atoms with Gasteiger partial charge in [0, 0.05) is 30.7 Å². The molecule has 0 spiro atoms. The van der Waals surface area contributed by atoms with Gasteiger partial charge in [0.15, 0.2) is 5.82 Å². The molecule has 2 aromatic heterocycles. The van der Waals surface area contributed by atoms with Gasteiger partial charge >= 0.3 is 0 Å². The van der Waals surface area contributed by atoms with Crippen LogP contribution in [0.5, 0.6) is 0 Å². The van der Waals surface area contributed by atoms with E-state index in [0.29, 0.717) is 6.04 Å². The van der Waals surface area contributed by atoms with Gasteiger partial charge in [-0.05, 0) is 37.1 Å². The Morgan fingerprint density at radius 2 is 2.17 bits per heavy atom. The predicted molar refractivity (Wildman–Crippen MR) is 90.3 cm³/mol. The van der Waals surface area contributed by atoms with Crippen LogP contribution in [0.25, 0.3) is 11.0 Å². The zero-order valence-corrected chi connectivity index (χ0v) is 13.0. The second-order valence-corrected chi connectivity index (χ2v) is 6.00. The lowest BCUT2D eigenvalue weighted by Crippen LogP contribution is -2.45. The maximum atomic E-state index is 5.87. The van der Waals surface area contributed by atoms with Crippen LogP contribution in [0, 0.1) is 0 Å². The maximum absolute atomic E-state index is 5.87. The molecule has 0 saturated carbocycles. The molecule has 1 atom stereocenters. The number of furan rings is 1. The van der Waals surface area contributed by atoms with E-state index in [9.17, 15) is 0 Å². The van der Waals surface area contributed by atoms with Crippen molar-refractivity contribution in [1.29, 1.82) is 0 Å². The van der Waals surface area contributed by atoms with Gasteiger partial charge in [-0.25, -0.2) is 0 Å². The minimum absolute atomic E-state index is 0.443. The summed E-state index contributed by atoms with van der Waals surface area (Å²) in [6.45, 7) is 2.76. The maximum Gasteiger partial charge on any atom is 0.151 e. The summed E-state index contributed by atoms with van der Waals surface area (Å²) in [5.41, 5.74) is 0.953. The van der Waals surface area contributed by atoms with Gasteiger partial charge < -0.3 is 14.6 Å². The molecule has 23 heavy (non-hydrogen) atoms. The van der Waals surface area contributed by atoms with E-state index in [1.54, 1.807) is 6.20 Å². The van der Waals surface area contributed by atoms with Crippen LogP contribution in [-0.2, 0) is 6.54 Å². The molecule has 1 fully saturated rings. The largest absolute Gasteiger partial charge is 0.460 e. The third-order valence-corrected chi connectivity index (χ3v) is 4.35. The molecule has 0 bridgehead atoms. The van der Waals surface area contributed by atoms with Gasteiger partial charge in [0.25, 0.3) is 0 Å². The molecule has 3 aromatic rings. The molecule has 0 radical (unpaired) electrons. The smallest absolute Gasteiger partial charge is 0.151 e. The normalized spacial score (nSPS) is 18.4. The number of nitrogens with one attached hydrogen (secondary N) is 1. The fourth-order valence-corrected chi connectivity index (χ4v) is 3.18. The third kappa shape index (κ3) is 3.19. The molecule has 0 amide bonds. The number of piperidine rings is 1. The first-order valence-corrected chi connectivity index (χ1v) is 8.12. The standard InChI is InChI=1S/C18H20N4O/c1-2-7-17-14(5-1)11-16(23-17)12-19-15-6-4-10-22(13-15)18-8-3-9-20-21-18/h1-3,5,7-9,11,15,19H,4,6,10,12-13H2/t15-/m0/s1. The van der Waals surface area contributed by atoms with E-state index in [4.69, 9.17) is 4.42 Å². The van der Waals surface area contributed by atoms with Crippen LogP contribution < -0.4 is 10.2 Å². The SMILES string of the molecule is c1cnnc(N2CCC[C@H](NCc3cc4ccccc4o3)C2)c1. The quantitative estimate of drug-likeness (QED) is 0.803. The zero-order chi connectivity index (χ0) is 15.5. The topological polar surface area (TPSA) is 54.2 Å². The van der Waals surface area contributed by atoms with E-state index in [2.05, 4.69) is 32.5 Å². The van der Waals surface area contributed by atoms with E-state index < -0.39 is 0 Å². The summed E-state index contributed by atoms with van der Waals surface area (Å²) < 4.78 is 5.87. The molecular weight excluding hydrogens is 288 g/mol. The highest BCUT2D eigenvalue weighted by Crippen LogP contribution is 2.20. The average molecular weight is 308 g/mol. The van der Waals surface area contributed by atoms with E-state index in [1.165, 1.54) is 6.42 Å². The highest BCUT2D eigenvalue weighted by molar-refractivity contribution is 5.77. The first-order chi connectivity index (χ1) is 11.4. The monoisotopic (exact) mass is 308 g/mol. The number of aromatic nitrogens is 2. The van der Waals surface area contributed by atoms with Gasteiger partial charge in [-0.2, -0.15) is 5.10 Å². The Hall–Kier alpha value is -2.40. The summed E-state index contributed by atoms with van der Waals surface area (Å²) in [4.78, 5) is 2.30. The van der Waals surface area contributed by atoms with Crippen LogP contribution in [0.4, 0.5) is 5.82 Å². The van der Waals surface area contributed by atoms with E-state index >= 15 is 0 Å². The Balaban J connectivity index is 1.38. The molecule has 3 heterocycles. The van der Waals surface area contributed by atoms with Crippen LogP contribution in [0.1, 0.15) is 18.6 Å². The molecule has 1 saturated heterocycles. The highest BCUT2D eigenvalue weighted by atomic mass is 16.3. The highest BCUT2D eigenvalue weighted by Gasteiger charge is 2.21. The van der Waals surface area contributed by atoms with Crippen LogP contribution >= 0.6 is 0 Å². The zero-order valence-electron chi connectivity index (χ0n) is 13.0. The number of hydrogen-bond acceptors (Lipinski definition) is 5. The first kappa shape index (κ1) is 14.2. The van der Waals surface area contributed by atoms with Crippen molar-refractivity contribution in [2.45, 2.75) is 25.4 Å². The van der Waals surface area contributed by atoms with E-state index in [1.807, 2.05) is 30.3 Å². The number of rotatable bonds is 4. The number of hydrogen-bond donors (Lipinski definition) is 1. The van der Waals surface area contributed by atoms with Gasteiger partial charge in [-0.1, -0.05) is 18.2 Å². The molecule has 1 aliphatic rings. The first-order valence-electron chi connectivity index (χ1n) is 8.12. The summed E-state index contributed by atoms with van der Waals surface area (Å²) in [5.74, 6) is 1.95. The molecule has 0 unspecified atom stereocenters. The van der Waals surface area contributed by atoms with Crippen molar-refractivity contribution >= 4 is 16.8 Å². The number of nitrogens with zero attached hydrogens (tertiary/aromatic N) is 3. The lowest BCUT2D eigenvalue weighted by atomic mass is 10.1. The Morgan fingerprint density at radius 3 is 3.04 bits per heavy atom. The van der Waals surface area contributed by atoms with Crippen LogP contribution in [0.3, 0.4) is 0 Å². The van der Waals surface area contributed by atoms with Gasteiger partial charge in [-0.3, -0.25) is 0 Å². The van der Waals surface area contributed by atoms with Crippen molar-refractivity contribution in [2.24, 2.45) is 0 Å². The lowest BCUT2D eigenvalue weighted by Gasteiger charge is -2.33. The third-order valence-electron chi connectivity index (χ3n) is 4.35. The molecule has 118 valence electrons. The minimum Gasteiger partial charge on any atom is -0.460 e. The number of fused-ring (bicyclic) bond motifs is 1. The predicted octanol–water partition coefficient (Wildman–Crippen LogP) is 2.98. The Labute approximate surface area is 135 Å². The van der Waals surface area contributed by atoms with Crippen LogP contribution in [0.15, 0.2) is 53.1 Å². The molecular formula is C18H20N4O. The molecule has 1 aliphatic heterocycles. The van der Waals surface area contributed by atoms with E-state index in [0.717, 1.165) is 48.6 Å². The minimum atomic E-state index is 0.443. The second kappa shape index (κ2) is 6.38. The van der Waals surface area contributed by atoms with Gasteiger partial charge in [0.1, 0.15) is 11.3 Å². The average Bonchev–Trinajstić information content (AvgIpc) is 3.04. The number of benzene rings is 1. The van der Waals surface area contributed by atoms with Crippen LogP contribution in [0.2, 0.25) is 0 Å². The second-order valence-electron chi connectivity index (χ2n) is 6.00. The van der Waals surface area contributed by atoms with E-state index in [-0.39, 0.29) is 0 Å². The molecule has 0 aliphatic carbocycles. The summed E-state index contributed by atoms with van der Waals surface area (Å²) in [6.07, 6.45) is 4.05. The van der Waals surface area contributed by atoms with Crippen molar-refractivity contribution in [3.8, 4) is 0 Å². The molecule has 1 aromatic carbocycles. The lowest BCUT2D eigenvalue weighted by molar-refractivity contribution is 0.399. The van der Waals surface area contributed by atoms with Gasteiger partial charge in [-0.15, -0.1) is 5.10 Å². The molecule has 5 nitrogen and oxygen atoms in total. The van der Waals surface area contributed by atoms with Gasteiger partial charge in [0.2, 0.25) is 0 Å². The molecule has 1 N–H and O–H groups in total. The number of anilines is 1. The van der Waals surface area contributed by atoms with Crippen molar-refractivity contribution in [3.63, 3.8) is 0 Å². The van der Waals surface area contributed by atoms with Crippen molar-refractivity contribution in [3.05, 3.63) is 54.4 Å². The molecule has 5 heteroatoms. The Morgan fingerprint density at radius 1 is 1.22 bits per heavy atom. The van der Waals surface area contributed by atoms with Crippen molar-refractivity contribution in [2.75, 3.05) is 18.0 Å². The molecule has 4 rings (SSSR count). The van der Waals surface area contributed by atoms with Crippen molar-refractivity contribution in [1.82, 2.24) is 15.5 Å². The van der Waals surface area contributed by atoms with Gasteiger partial charge in [0.05, 0.1) is 6.54 Å². The number of para-hydroxylation sites is 1. The summed E-state index contributed by atoms with van der Waals surface area (Å²) in [5, 5.41) is 13.0. The fraction of sp³-hybridized carbons (Fsp3) is 0.333. The summed E-state index contributed by atoms with van der Waals surface area (Å²) in [6, 6.07) is 14.7. The Kier molecular flexibility index (Phi) is 3.94. The summed E-state index contributed by atoms with van der Waals surface area (Å²) in [7, 11) is 0. The van der Waals surface area contributed by atoms with Crippen LogP contribution in [-0.4, -0.2) is 29.3 Å².